The van der Waals surface area contributed by atoms with Crippen molar-refractivity contribution in [2.24, 2.45) is 0 Å². The van der Waals surface area contributed by atoms with E-state index in [1.165, 1.54) is 18.2 Å². The molecule has 0 fully saturated rings. The van der Waals surface area contributed by atoms with Crippen LogP contribution < -0.4 is 10.2 Å². The van der Waals surface area contributed by atoms with Crippen LogP contribution in [0.5, 0.6) is 0 Å². The highest BCUT2D eigenvalue weighted by Gasteiger charge is 2.00. The van der Waals surface area contributed by atoms with Gasteiger partial charge in [0.1, 0.15) is 0 Å². The zero-order valence-electron chi connectivity index (χ0n) is 11.5. The van der Waals surface area contributed by atoms with Gasteiger partial charge in [0.05, 0.1) is 0 Å². The van der Waals surface area contributed by atoms with Crippen LogP contribution in [0.2, 0.25) is 0 Å². The van der Waals surface area contributed by atoms with E-state index in [0.717, 1.165) is 11.3 Å². The van der Waals surface area contributed by atoms with Crippen LogP contribution in [-0.2, 0) is 4.79 Å². The molecule has 0 aliphatic rings. The minimum atomic E-state index is -0.0527. The third-order valence-corrected chi connectivity index (χ3v) is 2.92. The van der Waals surface area contributed by atoms with Gasteiger partial charge in [-0.2, -0.15) is 0 Å². The van der Waals surface area contributed by atoms with Gasteiger partial charge in [0.2, 0.25) is 5.91 Å². The standard InChI is InChI=1S/C16H18N2O/c1-12(19)17-15-8-4-13(5-9-15)14-6-10-16(11-7-14)18(2)3/h4-11H,1-3H3,(H,17,19). The molecule has 19 heavy (non-hydrogen) atoms. The van der Waals surface area contributed by atoms with E-state index >= 15 is 0 Å². The summed E-state index contributed by atoms with van der Waals surface area (Å²) >= 11 is 0. The van der Waals surface area contributed by atoms with Crippen molar-refractivity contribution in [3.63, 3.8) is 0 Å². The number of nitrogens with zero attached hydrogens (tertiary/aromatic N) is 1. The Balaban J connectivity index is 2.19. The van der Waals surface area contributed by atoms with Crippen molar-refractivity contribution >= 4 is 17.3 Å². The Morgan fingerprint density at radius 1 is 0.895 bits per heavy atom. The van der Waals surface area contributed by atoms with Gasteiger partial charge in [0, 0.05) is 32.4 Å². The van der Waals surface area contributed by atoms with E-state index in [-0.39, 0.29) is 5.91 Å². The molecule has 0 bridgehead atoms. The molecular weight excluding hydrogens is 236 g/mol. The maximum atomic E-state index is 11.0. The van der Waals surface area contributed by atoms with Crippen LogP contribution in [0.1, 0.15) is 6.92 Å². The molecule has 0 saturated carbocycles. The third kappa shape index (κ3) is 3.35. The summed E-state index contributed by atoms with van der Waals surface area (Å²) in [7, 11) is 4.05. The van der Waals surface area contributed by atoms with Gasteiger partial charge < -0.3 is 10.2 Å². The Hall–Kier alpha value is -2.29. The van der Waals surface area contributed by atoms with E-state index in [0.29, 0.717) is 0 Å². The van der Waals surface area contributed by atoms with Gasteiger partial charge in [-0.1, -0.05) is 24.3 Å². The number of carbonyl (C=O) groups excluding carboxylic acids is 1. The number of carbonyl (C=O) groups is 1. The summed E-state index contributed by atoms with van der Waals surface area (Å²) < 4.78 is 0. The second-order valence-corrected chi connectivity index (χ2v) is 4.70. The molecule has 2 aromatic rings. The molecule has 0 saturated heterocycles. The summed E-state index contributed by atoms with van der Waals surface area (Å²) in [6.45, 7) is 1.51. The second-order valence-electron chi connectivity index (χ2n) is 4.70. The summed E-state index contributed by atoms with van der Waals surface area (Å²) in [5, 5.41) is 2.76. The molecule has 0 heterocycles. The summed E-state index contributed by atoms with van der Waals surface area (Å²) in [6.07, 6.45) is 0. The lowest BCUT2D eigenvalue weighted by molar-refractivity contribution is -0.114. The lowest BCUT2D eigenvalue weighted by Gasteiger charge is -2.12. The Morgan fingerprint density at radius 2 is 1.37 bits per heavy atom. The van der Waals surface area contributed by atoms with Crippen molar-refractivity contribution in [1.82, 2.24) is 0 Å². The average Bonchev–Trinajstić information content (AvgIpc) is 2.39. The van der Waals surface area contributed by atoms with Crippen LogP contribution in [0.3, 0.4) is 0 Å². The number of hydrogen-bond acceptors (Lipinski definition) is 2. The van der Waals surface area contributed by atoms with Gasteiger partial charge in [-0.05, 0) is 35.4 Å². The quantitative estimate of drug-likeness (QED) is 0.910. The summed E-state index contributed by atoms with van der Waals surface area (Å²) in [4.78, 5) is 13.0. The molecule has 0 radical (unpaired) electrons. The first-order valence-corrected chi connectivity index (χ1v) is 6.21. The van der Waals surface area contributed by atoms with Crippen molar-refractivity contribution < 1.29 is 4.79 Å². The molecule has 0 unspecified atom stereocenters. The highest BCUT2D eigenvalue weighted by molar-refractivity contribution is 5.89. The van der Waals surface area contributed by atoms with Crippen molar-refractivity contribution in [3.8, 4) is 11.1 Å². The van der Waals surface area contributed by atoms with Gasteiger partial charge in [-0.15, -0.1) is 0 Å². The van der Waals surface area contributed by atoms with Gasteiger partial charge in [-0.3, -0.25) is 4.79 Å². The Kier molecular flexibility index (Phi) is 3.85. The normalized spacial score (nSPS) is 10.1. The summed E-state index contributed by atoms with van der Waals surface area (Å²) in [6, 6.07) is 16.2. The monoisotopic (exact) mass is 254 g/mol. The SMILES string of the molecule is CC(=O)Nc1ccc(-c2ccc(N(C)C)cc2)cc1. The highest BCUT2D eigenvalue weighted by atomic mass is 16.1. The molecule has 0 aromatic heterocycles. The Labute approximate surface area is 113 Å². The number of nitrogens with one attached hydrogen (secondary N) is 1. The van der Waals surface area contributed by atoms with Crippen LogP contribution in [0.4, 0.5) is 11.4 Å². The fourth-order valence-corrected chi connectivity index (χ4v) is 1.90. The van der Waals surface area contributed by atoms with E-state index in [1.807, 2.05) is 38.4 Å². The molecule has 1 amide bonds. The lowest BCUT2D eigenvalue weighted by Crippen LogP contribution is -2.07. The van der Waals surface area contributed by atoms with Crippen LogP contribution in [-0.4, -0.2) is 20.0 Å². The van der Waals surface area contributed by atoms with E-state index in [4.69, 9.17) is 0 Å². The van der Waals surface area contributed by atoms with E-state index in [2.05, 4.69) is 34.5 Å². The van der Waals surface area contributed by atoms with Crippen LogP contribution in [0.25, 0.3) is 11.1 Å². The summed E-state index contributed by atoms with van der Waals surface area (Å²) in [5.74, 6) is -0.0527. The number of anilines is 2. The number of rotatable bonds is 3. The minimum absolute atomic E-state index is 0.0527. The van der Waals surface area contributed by atoms with Crippen molar-refractivity contribution in [3.05, 3.63) is 48.5 Å². The first-order valence-electron chi connectivity index (χ1n) is 6.21. The Bertz CT molecular complexity index is 556. The predicted molar refractivity (Wildman–Crippen MR) is 80.5 cm³/mol. The topological polar surface area (TPSA) is 32.3 Å². The smallest absolute Gasteiger partial charge is 0.221 e. The number of hydrogen-bond donors (Lipinski definition) is 1. The summed E-state index contributed by atoms with van der Waals surface area (Å²) in [5.41, 5.74) is 4.30. The fourth-order valence-electron chi connectivity index (χ4n) is 1.90. The number of benzene rings is 2. The molecule has 98 valence electrons. The fraction of sp³-hybridized carbons (Fsp3) is 0.188. The number of amides is 1. The molecule has 0 aliphatic heterocycles. The molecule has 0 atom stereocenters. The Morgan fingerprint density at radius 3 is 1.79 bits per heavy atom. The zero-order valence-corrected chi connectivity index (χ0v) is 11.5. The molecule has 0 spiro atoms. The molecule has 2 rings (SSSR count). The van der Waals surface area contributed by atoms with E-state index < -0.39 is 0 Å². The van der Waals surface area contributed by atoms with Crippen molar-refractivity contribution in [1.29, 1.82) is 0 Å². The second kappa shape index (κ2) is 5.57. The van der Waals surface area contributed by atoms with Crippen LogP contribution >= 0.6 is 0 Å². The zero-order chi connectivity index (χ0) is 13.8. The average molecular weight is 254 g/mol. The largest absolute Gasteiger partial charge is 0.378 e. The van der Waals surface area contributed by atoms with Crippen LogP contribution in [0.15, 0.2) is 48.5 Å². The molecule has 1 N–H and O–H groups in total. The van der Waals surface area contributed by atoms with Crippen LogP contribution in [0, 0.1) is 0 Å². The maximum Gasteiger partial charge on any atom is 0.221 e. The van der Waals surface area contributed by atoms with E-state index in [9.17, 15) is 4.79 Å². The van der Waals surface area contributed by atoms with Gasteiger partial charge >= 0.3 is 0 Å². The first kappa shape index (κ1) is 13.1. The minimum Gasteiger partial charge on any atom is -0.378 e. The predicted octanol–water partition coefficient (Wildman–Crippen LogP) is 3.38. The molecule has 3 heteroatoms. The van der Waals surface area contributed by atoms with Crippen molar-refractivity contribution in [2.75, 3.05) is 24.3 Å². The lowest BCUT2D eigenvalue weighted by atomic mass is 10.0. The highest BCUT2D eigenvalue weighted by Crippen LogP contribution is 2.23. The van der Waals surface area contributed by atoms with Gasteiger partial charge in [0.25, 0.3) is 0 Å². The van der Waals surface area contributed by atoms with Crippen molar-refractivity contribution in [2.45, 2.75) is 6.92 Å². The molecule has 3 nitrogen and oxygen atoms in total. The molecular formula is C16H18N2O. The maximum absolute atomic E-state index is 11.0. The van der Waals surface area contributed by atoms with E-state index in [1.54, 1.807) is 0 Å². The molecule has 2 aromatic carbocycles. The third-order valence-electron chi connectivity index (χ3n) is 2.92. The molecule has 0 aliphatic carbocycles. The van der Waals surface area contributed by atoms with Gasteiger partial charge in [0.15, 0.2) is 0 Å². The first-order chi connectivity index (χ1) is 9.06. The van der Waals surface area contributed by atoms with Gasteiger partial charge in [-0.25, -0.2) is 0 Å².